The SMILES string of the molecule is O=C1C[CH]N(c2ccccc2)N1. The molecule has 3 heteroatoms. The van der Waals surface area contributed by atoms with E-state index >= 15 is 0 Å². The molecule has 0 aromatic heterocycles. The standard InChI is InChI=1S/C9H9N2O/c12-9-6-7-11(10-9)8-4-2-1-3-5-8/h1-5,7H,6H2,(H,10,12). The topological polar surface area (TPSA) is 32.3 Å². The van der Waals surface area contributed by atoms with Gasteiger partial charge in [0.2, 0.25) is 5.91 Å². The molecule has 1 amide bonds. The molecule has 3 nitrogen and oxygen atoms in total. The average molecular weight is 161 g/mol. The number of para-hydroxylation sites is 1. The van der Waals surface area contributed by atoms with Crippen molar-refractivity contribution in [2.75, 3.05) is 5.01 Å². The molecule has 0 unspecified atom stereocenters. The van der Waals surface area contributed by atoms with Crippen molar-refractivity contribution in [2.24, 2.45) is 0 Å². The van der Waals surface area contributed by atoms with Crippen LogP contribution >= 0.6 is 0 Å². The van der Waals surface area contributed by atoms with Crippen LogP contribution in [0.3, 0.4) is 0 Å². The van der Waals surface area contributed by atoms with Gasteiger partial charge < -0.3 is 0 Å². The highest BCUT2D eigenvalue weighted by Gasteiger charge is 2.18. The van der Waals surface area contributed by atoms with Gasteiger partial charge in [-0.1, -0.05) is 18.2 Å². The number of rotatable bonds is 1. The van der Waals surface area contributed by atoms with E-state index in [0.29, 0.717) is 6.42 Å². The van der Waals surface area contributed by atoms with E-state index in [1.165, 1.54) is 0 Å². The van der Waals surface area contributed by atoms with Crippen LogP contribution in [-0.4, -0.2) is 5.91 Å². The molecule has 2 rings (SSSR count). The highest BCUT2D eigenvalue weighted by atomic mass is 16.2. The second-order valence-corrected chi connectivity index (χ2v) is 2.63. The Bertz CT molecular complexity index is 284. The van der Waals surface area contributed by atoms with Crippen molar-refractivity contribution in [3.05, 3.63) is 36.9 Å². The maximum Gasteiger partial charge on any atom is 0.240 e. The summed E-state index contributed by atoms with van der Waals surface area (Å²) < 4.78 is 0. The number of nitrogens with zero attached hydrogens (tertiary/aromatic N) is 1. The Morgan fingerprint density at radius 2 is 2.00 bits per heavy atom. The number of carbonyl (C=O) groups excluding carboxylic acids is 1. The minimum absolute atomic E-state index is 0.0406. The summed E-state index contributed by atoms with van der Waals surface area (Å²) in [5, 5.41) is 1.74. The van der Waals surface area contributed by atoms with Crippen molar-refractivity contribution in [3.8, 4) is 0 Å². The van der Waals surface area contributed by atoms with Gasteiger partial charge in [-0.2, -0.15) is 0 Å². The van der Waals surface area contributed by atoms with Crippen LogP contribution < -0.4 is 10.4 Å². The molecule has 61 valence electrons. The van der Waals surface area contributed by atoms with Crippen molar-refractivity contribution >= 4 is 11.6 Å². The van der Waals surface area contributed by atoms with Crippen molar-refractivity contribution < 1.29 is 4.79 Å². The zero-order valence-corrected chi connectivity index (χ0v) is 6.53. The fraction of sp³-hybridized carbons (Fsp3) is 0.111. The van der Waals surface area contributed by atoms with Gasteiger partial charge in [0.25, 0.3) is 0 Å². The number of amides is 1. The first-order chi connectivity index (χ1) is 5.86. The molecule has 0 atom stereocenters. The molecule has 1 fully saturated rings. The van der Waals surface area contributed by atoms with Crippen LogP contribution in [0.25, 0.3) is 0 Å². The first-order valence-corrected chi connectivity index (χ1v) is 3.83. The lowest BCUT2D eigenvalue weighted by Crippen LogP contribution is -2.31. The molecule has 12 heavy (non-hydrogen) atoms. The monoisotopic (exact) mass is 161 g/mol. The maximum absolute atomic E-state index is 10.8. The third-order valence-electron chi connectivity index (χ3n) is 1.74. The Kier molecular flexibility index (Phi) is 1.70. The van der Waals surface area contributed by atoms with Gasteiger partial charge in [-0.15, -0.1) is 0 Å². The molecular formula is C9H9N2O. The number of hydrogen-bond acceptors (Lipinski definition) is 2. The Balaban J connectivity index is 2.16. The molecule has 1 radical (unpaired) electrons. The Hall–Kier alpha value is -1.51. The van der Waals surface area contributed by atoms with Crippen molar-refractivity contribution in [1.29, 1.82) is 0 Å². The maximum atomic E-state index is 10.8. The van der Waals surface area contributed by atoms with Crippen molar-refractivity contribution in [1.82, 2.24) is 5.43 Å². The quantitative estimate of drug-likeness (QED) is 0.668. The van der Waals surface area contributed by atoms with Gasteiger partial charge >= 0.3 is 0 Å². The number of hydrogen-bond donors (Lipinski definition) is 1. The van der Waals surface area contributed by atoms with Crippen LogP contribution in [0.5, 0.6) is 0 Å². The summed E-state index contributed by atoms with van der Waals surface area (Å²) in [6, 6.07) is 9.72. The first-order valence-electron chi connectivity index (χ1n) is 3.83. The molecule has 0 aliphatic carbocycles. The van der Waals surface area contributed by atoms with E-state index in [-0.39, 0.29) is 5.91 Å². The van der Waals surface area contributed by atoms with Crippen LogP contribution in [0.4, 0.5) is 5.69 Å². The number of nitrogens with one attached hydrogen (secondary N) is 1. The Labute approximate surface area is 71.0 Å². The fourth-order valence-electron chi connectivity index (χ4n) is 1.16. The molecule has 0 saturated carbocycles. The van der Waals surface area contributed by atoms with E-state index in [4.69, 9.17) is 0 Å². The van der Waals surface area contributed by atoms with Crippen molar-refractivity contribution in [3.63, 3.8) is 0 Å². The summed E-state index contributed by atoms with van der Waals surface area (Å²) >= 11 is 0. The Morgan fingerprint density at radius 3 is 2.58 bits per heavy atom. The normalized spacial score (nSPS) is 16.3. The van der Waals surface area contributed by atoms with Gasteiger partial charge in [0.1, 0.15) is 0 Å². The molecule has 1 aromatic carbocycles. The number of anilines is 1. The van der Waals surface area contributed by atoms with Gasteiger partial charge in [-0.05, 0) is 12.1 Å². The second-order valence-electron chi connectivity index (χ2n) is 2.63. The Morgan fingerprint density at radius 1 is 1.25 bits per heavy atom. The smallest absolute Gasteiger partial charge is 0.240 e. The van der Waals surface area contributed by atoms with Crippen LogP contribution in [0.1, 0.15) is 6.42 Å². The van der Waals surface area contributed by atoms with Crippen LogP contribution in [0, 0.1) is 6.54 Å². The number of benzene rings is 1. The zero-order chi connectivity index (χ0) is 8.39. The molecular weight excluding hydrogens is 152 g/mol. The summed E-state index contributed by atoms with van der Waals surface area (Å²) in [7, 11) is 0. The molecule has 1 N–H and O–H groups in total. The number of carbonyl (C=O) groups is 1. The van der Waals surface area contributed by atoms with E-state index in [1.807, 2.05) is 36.9 Å². The number of hydrazine groups is 1. The van der Waals surface area contributed by atoms with E-state index in [0.717, 1.165) is 5.69 Å². The van der Waals surface area contributed by atoms with Gasteiger partial charge in [0.15, 0.2) is 0 Å². The lowest BCUT2D eigenvalue weighted by atomic mass is 10.3. The largest absolute Gasteiger partial charge is 0.280 e. The van der Waals surface area contributed by atoms with E-state index in [2.05, 4.69) is 5.43 Å². The van der Waals surface area contributed by atoms with Crippen LogP contribution in [0.2, 0.25) is 0 Å². The van der Waals surface area contributed by atoms with Gasteiger partial charge in [-0.3, -0.25) is 15.2 Å². The predicted molar refractivity (Wildman–Crippen MR) is 46.0 cm³/mol. The molecule has 1 aliphatic heterocycles. The zero-order valence-electron chi connectivity index (χ0n) is 6.53. The van der Waals surface area contributed by atoms with E-state index in [9.17, 15) is 4.79 Å². The second kappa shape index (κ2) is 2.85. The van der Waals surface area contributed by atoms with E-state index < -0.39 is 0 Å². The third kappa shape index (κ3) is 1.25. The van der Waals surface area contributed by atoms with Gasteiger partial charge in [-0.25, -0.2) is 0 Å². The molecule has 1 saturated heterocycles. The molecule has 1 aromatic rings. The summed E-state index contributed by atoms with van der Waals surface area (Å²) in [6.07, 6.45) is 0.467. The van der Waals surface area contributed by atoms with Crippen LogP contribution in [0.15, 0.2) is 30.3 Å². The minimum atomic E-state index is 0.0406. The minimum Gasteiger partial charge on any atom is -0.280 e. The summed E-state index contributed by atoms with van der Waals surface area (Å²) in [5.41, 5.74) is 3.70. The third-order valence-corrected chi connectivity index (χ3v) is 1.74. The predicted octanol–water partition coefficient (Wildman–Crippen LogP) is 1.09. The van der Waals surface area contributed by atoms with Gasteiger partial charge in [0, 0.05) is 0 Å². The summed E-state index contributed by atoms with van der Waals surface area (Å²) in [6.45, 7) is 1.83. The van der Waals surface area contributed by atoms with E-state index in [1.54, 1.807) is 5.01 Å². The van der Waals surface area contributed by atoms with Crippen LogP contribution in [-0.2, 0) is 4.79 Å². The molecule has 0 bridgehead atoms. The average Bonchev–Trinajstić information content (AvgIpc) is 2.54. The lowest BCUT2D eigenvalue weighted by Gasteiger charge is -2.15. The molecule has 1 heterocycles. The summed E-state index contributed by atoms with van der Waals surface area (Å²) in [4.78, 5) is 10.8. The van der Waals surface area contributed by atoms with Crippen molar-refractivity contribution in [2.45, 2.75) is 6.42 Å². The highest BCUT2D eigenvalue weighted by molar-refractivity contribution is 5.83. The fourth-order valence-corrected chi connectivity index (χ4v) is 1.16. The summed E-state index contributed by atoms with van der Waals surface area (Å²) in [5.74, 6) is 0.0406. The highest BCUT2D eigenvalue weighted by Crippen LogP contribution is 2.16. The van der Waals surface area contributed by atoms with Gasteiger partial charge in [0.05, 0.1) is 18.7 Å². The molecule has 1 aliphatic rings. The lowest BCUT2D eigenvalue weighted by molar-refractivity contribution is -0.119. The molecule has 0 spiro atoms. The first kappa shape index (κ1) is 7.16.